The highest BCUT2D eigenvalue weighted by atomic mass is 32.2. The molecule has 4 rings (SSSR count). The number of aryl methyl sites for hydroxylation is 2. The summed E-state index contributed by atoms with van der Waals surface area (Å²) in [5.74, 6) is -0.603. The fraction of sp³-hybridized carbons (Fsp3) is 0.567. The van der Waals surface area contributed by atoms with Crippen LogP contribution in [-0.4, -0.2) is 108 Å². The van der Waals surface area contributed by atoms with Crippen LogP contribution in [0, 0.1) is 5.92 Å². The van der Waals surface area contributed by atoms with Crippen molar-refractivity contribution in [2.75, 3.05) is 38.1 Å². The third kappa shape index (κ3) is 8.90. The van der Waals surface area contributed by atoms with Crippen molar-refractivity contribution in [1.82, 2.24) is 28.3 Å². The van der Waals surface area contributed by atoms with E-state index in [2.05, 4.69) is 14.7 Å². The van der Waals surface area contributed by atoms with Gasteiger partial charge in [0.1, 0.15) is 5.75 Å². The Morgan fingerprint density at radius 3 is 2.34 bits per heavy atom. The molecule has 0 saturated carbocycles. The predicted molar refractivity (Wildman–Crippen MR) is 174 cm³/mol. The van der Waals surface area contributed by atoms with E-state index in [-0.39, 0.29) is 58.8 Å². The van der Waals surface area contributed by atoms with Gasteiger partial charge in [0.2, 0.25) is 0 Å². The Morgan fingerprint density at radius 2 is 1.72 bits per heavy atom. The standard InChI is InChI=1S/C30H45N7O8S2/c1-21-14-37(22(2)18-38)30(39)25-13-24(33-46(40,41)28-16-34(4)19-31-28)10-11-26(25)45-23(3)9-7-8-12-44-27(21)15-36(6)47(42,43)29-17-35(5)20-32-29/h10-11,13,16-17,19-23,27,33,38H,7-9,12,14-15,18H2,1-6H3/t21-,22-,23+,27-/m0/s1. The van der Waals surface area contributed by atoms with Crippen molar-refractivity contribution >= 4 is 31.6 Å². The molecule has 0 radical (unpaired) electrons. The normalized spacial score (nSPS) is 21.1. The van der Waals surface area contributed by atoms with Gasteiger partial charge in [0, 0.05) is 64.8 Å². The number of ether oxygens (including phenoxy) is 2. The number of aromatic nitrogens is 4. The van der Waals surface area contributed by atoms with Gasteiger partial charge < -0.3 is 28.6 Å². The van der Waals surface area contributed by atoms with Crippen LogP contribution in [0.15, 0.2) is 53.3 Å². The maximum absolute atomic E-state index is 14.3. The Morgan fingerprint density at radius 1 is 1.06 bits per heavy atom. The first kappa shape index (κ1) is 36.3. The number of hydrogen-bond acceptors (Lipinski definition) is 10. The van der Waals surface area contributed by atoms with Crippen molar-refractivity contribution < 1.29 is 36.2 Å². The van der Waals surface area contributed by atoms with Crippen molar-refractivity contribution in [1.29, 1.82) is 0 Å². The molecule has 2 N–H and O–H groups in total. The predicted octanol–water partition coefficient (Wildman–Crippen LogP) is 2.07. The fourth-order valence-electron chi connectivity index (χ4n) is 5.22. The quantitative estimate of drug-likeness (QED) is 0.337. The van der Waals surface area contributed by atoms with Crippen LogP contribution in [0.25, 0.3) is 0 Å². The summed E-state index contributed by atoms with van der Waals surface area (Å²) in [5, 5.41) is 9.92. The molecule has 0 unspecified atom stereocenters. The van der Waals surface area contributed by atoms with Gasteiger partial charge in [-0.05, 0) is 51.3 Å². The number of amides is 1. The Labute approximate surface area is 276 Å². The van der Waals surface area contributed by atoms with E-state index >= 15 is 0 Å². The third-order valence-electron chi connectivity index (χ3n) is 8.05. The maximum atomic E-state index is 14.3. The molecular formula is C30H45N7O8S2. The van der Waals surface area contributed by atoms with Gasteiger partial charge in [-0.1, -0.05) is 6.92 Å². The Bertz CT molecular complexity index is 1740. The first-order valence-corrected chi connectivity index (χ1v) is 18.3. The van der Waals surface area contributed by atoms with Crippen LogP contribution in [0.4, 0.5) is 5.69 Å². The lowest BCUT2D eigenvalue weighted by molar-refractivity contribution is -0.00835. The van der Waals surface area contributed by atoms with Gasteiger partial charge in [-0.2, -0.15) is 12.7 Å². The SMILES string of the molecule is C[C@@H]1CCCCO[C@@H](CN(C)S(=O)(=O)c2cn(C)cn2)[C@@H](C)CN([C@@H](C)CO)C(=O)c2cc(NS(=O)(=O)c3cn(C)cn3)ccc2O1. The van der Waals surface area contributed by atoms with E-state index in [1.165, 1.54) is 58.0 Å². The summed E-state index contributed by atoms with van der Waals surface area (Å²) in [4.78, 5) is 23.7. The van der Waals surface area contributed by atoms with Crippen molar-refractivity contribution in [3.05, 3.63) is 48.8 Å². The molecule has 15 nitrogen and oxygen atoms in total. The minimum atomic E-state index is -4.05. The molecule has 1 amide bonds. The lowest BCUT2D eigenvalue weighted by Crippen LogP contribution is -2.48. The number of nitrogens with one attached hydrogen (secondary N) is 1. The number of nitrogens with zero attached hydrogens (tertiary/aromatic N) is 6. The molecule has 1 aliphatic rings. The first-order chi connectivity index (χ1) is 22.1. The summed E-state index contributed by atoms with van der Waals surface area (Å²) in [6, 6.07) is 3.85. The van der Waals surface area contributed by atoms with Crippen LogP contribution in [0.2, 0.25) is 0 Å². The maximum Gasteiger partial charge on any atom is 0.280 e. The number of carbonyl (C=O) groups excluding carboxylic acids is 1. The van der Waals surface area contributed by atoms with Crippen molar-refractivity contribution in [3.63, 3.8) is 0 Å². The van der Waals surface area contributed by atoms with Crippen LogP contribution in [-0.2, 0) is 38.9 Å². The van der Waals surface area contributed by atoms with Gasteiger partial charge in [-0.15, -0.1) is 0 Å². The van der Waals surface area contributed by atoms with Crippen molar-refractivity contribution in [2.45, 2.75) is 68.3 Å². The molecule has 3 aromatic rings. The highest BCUT2D eigenvalue weighted by Crippen LogP contribution is 2.29. The van der Waals surface area contributed by atoms with E-state index < -0.39 is 38.1 Å². The number of aliphatic hydroxyl groups excluding tert-OH is 1. The molecule has 17 heteroatoms. The van der Waals surface area contributed by atoms with E-state index in [1.54, 1.807) is 31.7 Å². The molecular weight excluding hydrogens is 651 g/mol. The second-order valence-corrected chi connectivity index (χ2v) is 15.8. The summed E-state index contributed by atoms with van der Waals surface area (Å²) in [7, 11) is -3.16. The second kappa shape index (κ2) is 15.1. The summed E-state index contributed by atoms with van der Waals surface area (Å²) in [5.41, 5.74) is 0.238. The summed E-state index contributed by atoms with van der Waals surface area (Å²) < 4.78 is 71.9. The fourth-order valence-corrected chi connectivity index (χ4v) is 7.39. The van der Waals surface area contributed by atoms with E-state index in [4.69, 9.17) is 9.47 Å². The highest BCUT2D eigenvalue weighted by molar-refractivity contribution is 7.92. The van der Waals surface area contributed by atoms with Gasteiger partial charge in [-0.3, -0.25) is 9.52 Å². The van der Waals surface area contributed by atoms with Gasteiger partial charge in [-0.25, -0.2) is 18.4 Å². The Kier molecular flexibility index (Phi) is 11.7. The molecule has 0 bridgehead atoms. The average Bonchev–Trinajstić information content (AvgIpc) is 3.67. The molecule has 47 heavy (non-hydrogen) atoms. The molecule has 260 valence electrons. The molecule has 0 aliphatic carbocycles. The molecule has 0 saturated heterocycles. The number of aliphatic hydroxyl groups is 1. The van der Waals surface area contributed by atoms with Gasteiger partial charge in [0.25, 0.3) is 26.0 Å². The number of imidazole rings is 2. The highest BCUT2D eigenvalue weighted by Gasteiger charge is 2.33. The van der Waals surface area contributed by atoms with Crippen LogP contribution < -0.4 is 9.46 Å². The number of rotatable bonds is 9. The van der Waals surface area contributed by atoms with E-state index in [1.807, 2.05) is 13.8 Å². The topological polar surface area (TPSA) is 178 Å². The molecule has 1 aromatic carbocycles. The molecule has 4 atom stereocenters. The zero-order chi connectivity index (χ0) is 34.5. The van der Waals surface area contributed by atoms with E-state index in [9.17, 15) is 26.7 Å². The monoisotopic (exact) mass is 695 g/mol. The summed E-state index contributed by atoms with van der Waals surface area (Å²) in [6.45, 7) is 5.56. The van der Waals surface area contributed by atoms with Crippen LogP contribution in [0.3, 0.4) is 0 Å². The molecule has 2 aromatic heterocycles. The minimum Gasteiger partial charge on any atom is -0.490 e. The lowest BCUT2D eigenvalue weighted by atomic mass is 10.0. The number of anilines is 1. The number of benzene rings is 1. The van der Waals surface area contributed by atoms with E-state index in [0.717, 1.165) is 6.42 Å². The Balaban J connectivity index is 1.67. The largest absolute Gasteiger partial charge is 0.490 e. The van der Waals surface area contributed by atoms with Gasteiger partial charge in [0.05, 0.1) is 43.1 Å². The van der Waals surface area contributed by atoms with Crippen molar-refractivity contribution in [3.8, 4) is 5.75 Å². The molecule has 1 aliphatic heterocycles. The van der Waals surface area contributed by atoms with Crippen molar-refractivity contribution in [2.24, 2.45) is 20.0 Å². The average molecular weight is 696 g/mol. The lowest BCUT2D eigenvalue weighted by Gasteiger charge is -2.35. The number of likely N-dealkylation sites (N-methyl/N-ethyl adjacent to an activating group) is 1. The summed E-state index contributed by atoms with van der Waals surface area (Å²) >= 11 is 0. The molecule has 0 fully saturated rings. The smallest absolute Gasteiger partial charge is 0.280 e. The first-order valence-electron chi connectivity index (χ1n) is 15.4. The van der Waals surface area contributed by atoms with Gasteiger partial charge >= 0.3 is 0 Å². The second-order valence-electron chi connectivity index (χ2n) is 12.2. The van der Waals surface area contributed by atoms with Crippen LogP contribution in [0.5, 0.6) is 5.75 Å². The van der Waals surface area contributed by atoms with Crippen LogP contribution in [0.1, 0.15) is 50.4 Å². The molecule has 3 heterocycles. The number of hydrogen-bond donors (Lipinski definition) is 2. The zero-order valence-corrected chi connectivity index (χ0v) is 29.2. The Hall–Kier alpha value is -3.51. The number of carbonyl (C=O) groups is 1. The number of fused-ring (bicyclic) bond motifs is 1. The third-order valence-corrected chi connectivity index (χ3v) is 11.0. The van der Waals surface area contributed by atoms with Gasteiger partial charge in [0.15, 0.2) is 10.1 Å². The van der Waals surface area contributed by atoms with E-state index in [0.29, 0.717) is 19.4 Å². The minimum absolute atomic E-state index is 0.00512. The molecule has 0 spiro atoms. The number of sulfonamides is 2. The van der Waals surface area contributed by atoms with Crippen LogP contribution >= 0.6 is 0 Å². The summed E-state index contributed by atoms with van der Waals surface area (Å²) in [6.07, 6.45) is 6.79. The zero-order valence-electron chi connectivity index (χ0n) is 27.6.